The summed E-state index contributed by atoms with van der Waals surface area (Å²) in [6, 6.07) is 13.3. The van der Waals surface area contributed by atoms with Crippen LogP contribution in [0.2, 0.25) is 0 Å². The number of anilines is 1. The summed E-state index contributed by atoms with van der Waals surface area (Å²) < 4.78 is 0. The largest absolute Gasteiger partial charge is 0.350 e. The van der Waals surface area contributed by atoms with Crippen LogP contribution < -0.4 is 10.2 Å². The van der Waals surface area contributed by atoms with Crippen molar-refractivity contribution >= 4 is 17.5 Å². The normalized spacial score (nSPS) is 10.3. The van der Waals surface area contributed by atoms with Gasteiger partial charge >= 0.3 is 0 Å². The van der Waals surface area contributed by atoms with E-state index in [4.69, 9.17) is 0 Å². The first-order valence-corrected chi connectivity index (χ1v) is 8.09. The Morgan fingerprint density at radius 3 is 2.29 bits per heavy atom. The summed E-state index contributed by atoms with van der Waals surface area (Å²) in [6.45, 7) is 8.40. The van der Waals surface area contributed by atoms with Crippen molar-refractivity contribution in [3.8, 4) is 0 Å². The fourth-order valence-electron chi connectivity index (χ4n) is 2.56. The van der Waals surface area contributed by atoms with E-state index in [-0.39, 0.29) is 11.8 Å². The summed E-state index contributed by atoms with van der Waals surface area (Å²) in [5.74, 6) is -0.159. The molecular formula is C20H24N2O2. The molecule has 0 unspecified atom stereocenters. The van der Waals surface area contributed by atoms with E-state index in [1.807, 2.05) is 51.1 Å². The SMILES string of the molecule is CC(=O)N(CCNC(=O)c1ccc(C)cc1)c1cccc(C)c1C. The number of carbonyl (C=O) groups excluding carboxylic acids is 2. The minimum atomic E-state index is -0.125. The molecule has 1 N–H and O–H groups in total. The molecule has 0 aliphatic carbocycles. The van der Waals surface area contributed by atoms with Crippen molar-refractivity contribution in [2.45, 2.75) is 27.7 Å². The molecule has 0 aromatic heterocycles. The molecule has 0 fully saturated rings. The highest BCUT2D eigenvalue weighted by molar-refractivity contribution is 5.95. The second-order valence-corrected chi connectivity index (χ2v) is 6.01. The van der Waals surface area contributed by atoms with E-state index in [1.54, 1.807) is 24.0 Å². The number of hydrogen-bond acceptors (Lipinski definition) is 2. The first-order valence-electron chi connectivity index (χ1n) is 8.09. The summed E-state index contributed by atoms with van der Waals surface area (Å²) in [5.41, 5.74) is 4.86. The highest BCUT2D eigenvalue weighted by Gasteiger charge is 2.15. The van der Waals surface area contributed by atoms with Gasteiger partial charge in [0, 0.05) is 31.3 Å². The Morgan fingerprint density at radius 2 is 1.67 bits per heavy atom. The second-order valence-electron chi connectivity index (χ2n) is 6.01. The number of aryl methyl sites for hydroxylation is 2. The van der Waals surface area contributed by atoms with Gasteiger partial charge in [0.15, 0.2) is 0 Å². The predicted octanol–water partition coefficient (Wildman–Crippen LogP) is 3.39. The van der Waals surface area contributed by atoms with Crippen LogP contribution in [-0.2, 0) is 4.79 Å². The van der Waals surface area contributed by atoms with E-state index in [2.05, 4.69) is 5.32 Å². The van der Waals surface area contributed by atoms with Crippen LogP contribution >= 0.6 is 0 Å². The van der Waals surface area contributed by atoms with Crippen LogP contribution in [0.1, 0.15) is 34.0 Å². The van der Waals surface area contributed by atoms with Gasteiger partial charge in [0.1, 0.15) is 0 Å². The Morgan fingerprint density at radius 1 is 1.00 bits per heavy atom. The number of hydrogen-bond donors (Lipinski definition) is 1. The summed E-state index contributed by atoms with van der Waals surface area (Å²) in [5, 5.41) is 2.87. The third-order valence-electron chi connectivity index (χ3n) is 4.18. The molecule has 24 heavy (non-hydrogen) atoms. The number of nitrogens with one attached hydrogen (secondary N) is 1. The van der Waals surface area contributed by atoms with Crippen molar-refractivity contribution in [1.29, 1.82) is 0 Å². The lowest BCUT2D eigenvalue weighted by molar-refractivity contribution is -0.116. The van der Waals surface area contributed by atoms with Gasteiger partial charge in [-0.05, 0) is 50.1 Å². The third kappa shape index (κ3) is 4.22. The number of amides is 2. The smallest absolute Gasteiger partial charge is 0.251 e. The first kappa shape index (κ1) is 17.7. The Hall–Kier alpha value is -2.62. The molecule has 0 bridgehead atoms. The van der Waals surface area contributed by atoms with Gasteiger partial charge < -0.3 is 10.2 Å². The molecule has 0 saturated heterocycles. The van der Waals surface area contributed by atoms with Crippen molar-refractivity contribution in [2.24, 2.45) is 0 Å². The molecule has 2 amide bonds. The van der Waals surface area contributed by atoms with Crippen molar-refractivity contribution < 1.29 is 9.59 Å². The van der Waals surface area contributed by atoms with Crippen molar-refractivity contribution in [3.05, 3.63) is 64.7 Å². The van der Waals surface area contributed by atoms with Gasteiger partial charge in [-0.2, -0.15) is 0 Å². The molecule has 4 heteroatoms. The van der Waals surface area contributed by atoms with Crippen LogP contribution in [0.15, 0.2) is 42.5 Å². The monoisotopic (exact) mass is 324 g/mol. The lowest BCUT2D eigenvalue weighted by atomic mass is 10.1. The Balaban J connectivity index is 2.02. The average Bonchev–Trinajstić information content (AvgIpc) is 2.55. The summed E-state index contributed by atoms with van der Waals surface area (Å²) in [4.78, 5) is 25.9. The molecule has 2 aromatic rings. The lowest BCUT2D eigenvalue weighted by Crippen LogP contribution is -2.38. The van der Waals surface area contributed by atoms with Crippen molar-refractivity contribution in [2.75, 3.05) is 18.0 Å². The fraction of sp³-hybridized carbons (Fsp3) is 0.300. The summed E-state index contributed by atoms with van der Waals surface area (Å²) in [6.07, 6.45) is 0. The fourth-order valence-corrected chi connectivity index (χ4v) is 2.56. The predicted molar refractivity (Wildman–Crippen MR) is 97.5 cm³/mol. The van der Waals surface area contributed by atoms with Gasteiger partial charge in [0.2, 0.25) is 5.91 Å². The maximum Gasteiger partial charge on any atom is 0.251 e. The van der Waals surface area contributed by atoms with Crippen LogP contribution in [0.4, 0.5) is 5.69 Å². The Kier molecular flexibility index (Phi) is 5.74. The molecule has 2 rings (SSSR count). The molecule has 2 aromatic carbocycles. The first-order chi connectivity index (χ1) is 11.4. The second kappa shape index (κ2) is 7.77. The van der Waals surface area contributed by atoms with Crippen molar-refractivity contribution in [3.63, 3.8) is 0 Å². The number of rotatable bonds is 5. The molecular weight excluding hydrogens is 300 g/mol. The highest BCUT2D eigenvalue weighted by atomic mass is 16.2. The zero-order valence-corrected chi connectivity index (χ0v) is 14.7. The standard InChI is InChI=1S/C20H24N2O2/c1-14-8-10-18(11-9-14)20(24)21-12-13-22(17(4)23)19-7-5-6-15(2)16(19)3/h5-11H,12-13H2,1-4H3,(H,21,24). The van der Waals surface area contributed by atoms with Crippen molar-refractivity contribution in [1.82, 2.24) is 5.32 Å². The van der Waals surface area contributed by atoms with Crippen LogP contribution in [-0.4, -0.2) is 24.9 Å². The van der Waals surface area contributed by atoms with E-state index in [9.17, 15) is 9.59 Å². The van der Waals surface area contributed by atoms with Crippen LogP contribution in [0.3, 0.4) is 0 Å². The highest BCUT2D eigenvalue weighted by Crippen LogP contribution is 2.22. The van der Waals surface area contributed by atoms with E-state index in [1.165, 1.54) is 0 Å². The minimum Gasteiger partial charge on any atom is -0.350 e. The summed E-state index contributed by atoms with van der Waals surface area (Å²) >= 11 is 0. The minimum absolute atomic E-state index is 0.0340. The zero-order valence-electron chi connectivity index (χ0n) is 14.7. The summed E-state index contributed by atoms with van der Waals surface area (Å²) in [7, 11) is 0. The Labute approximate surface area is 143 Å². The quantitative estimate of drug-likeness (QED) is 0.916. The average molecular weight is 324 g/mol. The maximum atomic E-state index is 12.2. The molecule has 4 nitrogen and oxygen atoms in total. The molecule has 0 radical (unpaired) electrons. The van der Waals surface area contributed by atoms with E-state index >= 15 is 0 Å². The molecule has 0 atom stereocenters. The molecule has 0 aliphatic heterocycles. The van der Waals surface area contributed by atoms with Gasteiger partial charge in [-0.3, -0.25) is 9.59 Å². The van der Waals surface area contributed by atoms with Crippen LogP contribution in [0.5, 0.6) is 0 Å². The lowest BCUT2D eigenvalue weighted by Gasteiger charge is -2.24. The van der Waals surface area contributed by atoms with Gasteiger partial charge in [-0.15, -0.1) is 0 Å². The molecule has 0 heterocycles. The topological polar surface area (TPSA) is 49.4 Å². The van der Waals surface area contributed by atoms with E-state index in [0.29, 0.717) is 18.7 Å². The van der Waals surface area contributed by atoms with Gasteiger partial charge in [0.25, 0.3) is 5.91 Å². The molecule has 0 spiro atoms. The Bertz CT molecular complexity index is 736. The number of benzene rings is 2. The number of nitrogens with zero attached hydrogens (tertiary/aromatic N) is 1. The van der Waals surface area contributed by atoms with Crippen LogP contribution in [0, 0.1) is 20.8 Å². The van der Waals surface area contributed by atoms with E-state index in [0.717, 1.165) is 22.4 Å². The molecule has 0 saturated carbocycles. The maximum absolute atomic E-state index is 12.2. The van der Waals surface area contributed by atoms with Gasteiger partial charge in [0.05, 0.1) is 0 Å². The number of carbonyl (C=O) groups is 2. The van der Waals surface area contributed by atoms with Gasteiger partial charge in [-0.25, -0.2) is 0 Å². The molecule has 0 aliphatic rings. The third-order valence-corrected chi connectivity index (χ3v) is 4.18. The zero-order chi connectivity index (χ0) is 17.7. The van der Waals surface area contributed by atoms with Gasteiger partial charge in [-0.1, -0.05) is 29.8 Å². The molecule has 126 valence electrons. The van der Waals surface area contributed by atoms with Crippen LogP contribution in [0.25, 0.3) is 0 Å². The van der Waals surface area contributed by atoms with E-state index < -0.39 is 0 Å².